The third-order valence-corrected chi connectivity index (χ3v) is 2.87. The molecular formula is C11H20N2O. The van der Waals surface area contributed by atoms with Gasteiger partial charge in [0.1, 0.15) is 0 Å². The second-order valence-corrected chi connectivity index (χ2v) is 5.23. The number of amidine groups is 1. The zero-order valence-corrected chi connectivity index (χ0v) is 9.34. The molecule has 0 amide bonds. The Labute approximate surface area is 85.9 Å². The summed E-state index contributed by atoms with van der Waals surface area (Å²) in [4.78, 5) is 2.20. The van der Waals surface area contributed by atoms with Crippen LogP contribution in [-0.2, 0) is 4.74 Å². The monoisotopic (exact) mass is 196 g/mol. The summed E-state index contributed by atoms with van der Waals surface area (Å²) in [6.07, 6.45) is 2.67. The molecular weight excluding hydrogens is 176 g/mol. The average molecular weight is 196 g/mol. The first-order valence-corrected chi connectivity index (χ1v) is 5.49. The Morgan fingerprint density at radius 2 is 2.07 bits per heavy atom. The molecule has 80 valence electrons. The fourth-order valence-electron chi connectivity index (χ4n) is 2.25. The average Bonchev–Trinajstić information content (AvgIpc) is 2.81. The minimum absolute atomic E-state index is 0.0984. The SMILES string of the molecule is CC1CN(C(=N)C2CC2)CC(C)(C)O1. The van der Waals surface area contributed by atoms with E-state index in [0.29, 0.717) is 5.92 Å². The van der Waals surface area contributed by atoms with E-state index in [1.165, 1.54) is 12.8 Å². The Kier molecular flexibility index (Phi) is 2.30. The summed E-state index contributed by atoms with van der Waals surface area (Å²) in [6.45, 7) is 8.06. The van der Waals surface area contributed by atoms with Gasteiger partial charge in [-0.15, -0.1) is 0 Å². The maximum Gasteiger partial charge on any atom is 0.0991 e. The lowest BCUT2D eigenvalue weighted by molar-refractivity contribution is -0.113. The fraction of sp³-hybridized carbons (Fsp3) is 0.909. The van der Waals surface area contributed by atoms with Gasteiger partial charge >= 0.3 is 0 Å². The maximum atomic E-state index is 8.04. The highest BCUT2D eigenvalue weighted by atomic mass is 16.5. The van der Waals surface area contributed by atoms with Crippen LogP contribution in [0.15, 0.2) is 0 Å². The van der Waals surface area contributed by atoms with Gasteiger partial charge in [0.25, 0.3) is 0 Å². The van der Waals surface area contributed by atoms with Gasteiger partial charge in [0.15, 0.2) is 0 Å². The van der Waals surface area contributed by atoms with Gasteiger partial charge in [0.2, 0.25) is 0 Å². The van der Waals surface area contributed by atoms with E-state index in [4.69, 9.17) is 10.1 Å². The molecule has 1 aliphatic heterocycles. The lowest BCUT2D eigenvalue weighted by Gasteiger charge is -2.43. The van der Waals surface area contributed by atoms with Crippen LogP contribution in [0.2, 0.25) is 0 Å². The quantitative estimate of drug-likeness (QED) is 0.513. The molecule has 0 aromatic heterocycles. The van der Waals surface area contributed by atoms with Gasteiger partial charge in [-0.1, -0.05) is 0 Å². The van der Waals surface area contributed by atoms with Crippen molar-refractivity contribution in [2.45, 2.75) is 45.3 Å². The van der Waals surface area contributed by atoms with Crippen molar-refractivity contribution in [1.82, 2.24) is 4.90 Å². The van der Waals surface area contributed by atoms with Crippen LogP contribution in [0.25, 0.3) is 0 Å². The van der Waals surface area contributed by atoms with Crippen molar-refractivity contribution in [2.24, 2.45) is 5.92 Å². The van der Waals surface area contributed by atoms with Crippen molar-refractivity contribution < 1.29 is 4.74 Å². The molecule has 1 atom stereocenters. The van der Waals surface area contributed by atoms with Gasteiger partial charge in [0, 0.05) is 19.0 Å². The number of nitrogens with one attached hydrogen (secondary N) is 1. The molecule has 1 N–H and O–H groups in total. The summed E-state index contributed by atoms with van der Waals surface area (Å²) in [5.74, 6) is 1.39. The van der Waals surface area contributed by atoms with Gasteiger partial charge in [-0.3, -0.25) is 5.41 Å². The zero-order valence-electron chi connectivity index (χ0n) is 9.34. The van der Waals surface area contributed by atoms with E-state index >= 15 is 0 Å². The van der Waals surface area contributed by atoms with Gasteiger partial charge in [-0.25, -0.2) is 0 Å². The molecule has 2 rings (SSSR count). The normalized spacial score (nSPS) is 31.6. The number of ether oxygens (including phenoxy) is 1. The van der Waals surface area contributed by atoms with Crippen molar-refractivity contribution in [1.29, 1.82) is 5.41 Å². The minimum atomic E-state index is -0.0984. The van der Waals surface area contributed by atoms with Crippen LogP contribution in [0.3, 0.4) is 0 Å². The zero-order chi connectivity index (χ0) is 10.3. The van der Waals surface area contributed by atoms with Crippen molar-refractivity contribution in [3.05, 3.63) is 0 Å². The first-order chi connectivity index (χ1) is 6.48. The largest absolute Gasteiger partial charge is 0.369 e. The summed E-state index contributed by atoms with van der Waals surface area (Å²) < 4.78 is 5.82. The molecule has 3 nitrogen and oxygen atoms in total. The van der Waals surface area contributed by atoms with E-state index in [1.807, 2.05) is 0 Å². The van der Waals surface area contributed by atoms with Crippen molar-refractivity contribution in [3.63, 3.8) is 0 Å². The molecule has 14 heavy (non-hydrogen) atoms. The Balaban J connectivity index is 2.01. The highest BCUT2D eigenvalue weighted by Crippen LogP contribution is 2.33. The van der Waals surface area contributed by atoms with Gasteiger partial charge in [-0.05, 0) is 33.6 Å². The third-order valence-electron chi connectivity index (χ3n) is 2.87. The van der Waals surface area contributed by atoms with E-state index < -0.39 is 0 Å². The molecule has 0 spiro atoms. The second-order valence-electron chi connectivity index (χ2n) is 5.23. The van der Waals surface area contributed by atoms with Crippen LogP contribution in [0.1, 0.15) is 33.6 Å². The Hall–Kier alpha value is -0.570. The van der Waals surface area contributed by atoms with E-state index in [9.17, 15) is 0 Å². The van der Waals surface area contributed by atoms with Gasteiger partial charge in [0.05, 0.1) is 17.5 Å². The molecule has 0 radical (unpaired) electrons. The summed E-state index contributed by atoms with van der Waals surface area (Å²) in [6, 6.07) is 0. The Morgan fingerprint density at radius 1 is 1.43 bits per heavy atom. The minimum Gasteiger partial charge on any atom is -0.369 e. The first-order valence-electron chi connectivity index (χ1n) is 5.49. The molecule has 2 aliphatic rings. The van der Waals surface area contributed by atoms with E-state index in [1.54, 1.807) is 0 Å². The predicted molar refractivity (Wildman–Crippen MR) is 56.6 cm³/mol. The van der Waals surface area contributed by atoms with Gasteiger partial charge < -0.3 is 9.64 Å². The topological polar surface area (TPSA) is 36.3 Å². The smallest absolute Gasteiger partial charge is 0.0991 e. The van der Waals surface area contributed by atoms with Crippen LogP contribution in [0, 0.1) is 11.3 Å². The number of nitrogens with zero attached hydrogens (tertiary/aromatic N) is 1. The Morgan fingerprint density at radius 3 is 2.57 bits per heavy atom. The summed E-state index contributed by atoms with van der Waals surface area (Å²) in [5, 5.41) is 8.04. The lowest BCUT2D eigenvalue weighted by Crippen LogP contribution is -2.54. The van der Waals surface area contributed by atoms with Crippen LogP contribution >= 0.6 is 0 Å². The van der Waals surface area contributed by atoms with E-state index in [2.05, 4.69) is 25.7 Å². The van der Waals surface area contributed by atoms with Gasteiger partial charge in [-0.2, -0.15) is 0 Å². The van der Waals surface area contributed by atoms with E-state index in [-0.39, 0.29) is 11.7 Å². The molecule has 1 heterocycles. The molecule has 1 saturated heterocycles. The predicted octanol–water partition coefficient (Wildman–Crippen LogP) is 1.87. The van der Waals surface area contributed by atoms with Crippen LogP contribution in [0.5, 0.6) is 0 Å². The van der Waals surface area contributed by atoms with Crippen LogP contribution in [0.4, 0.5) is 0 Å². The highest BCUT2D eigenvalue weighted by molar-refractivity contribution is 5.83. The molecule has 0 bridgehead atoms. The molecule has 0 aromatic rings. The molecule has 1 unspecified atom stereocenters. The standard InChI is InChI=1S/C11H20N2O/c1-8-6-13(7-11(2,3)14-8)10(12)9-4-5-9/h8-9,12H,4-7H2,1-3H3. The van der Waals surface area contributed by atoms with Crippen molar-refractivity contribution >= 4 is 5.84 Å². The Bertz CT molecular complexity index is 246. The summed E-state index contributed by atoms with van der Waals surface area (Å²) in [5.41, 5.74) is -0.0984. The number of rotatable bonds is 1. The second kappa shape index (κ2) is 3.23. The van der Waals surface area contributed by atoms with Crippen LogP contribution < -0.4 is 0 Å². The van der Waals surface area contributed by atoms with E-state index in [0.717, 1.165) is 18.9 Å². The third kappa shape index (κ3) is 2.08. The van der Waals surface area contributed by atoms with Crippen molar-refractivity contribution in [3.8, 4) is 0 Å². The summed E-state index contributed by atoms with van der Waals surface area (Å²) >= 11 is 0. The fourth-order valence-corrected chi connectivity index (χ4v) is 2.25. The van der Waals surface area contributed by atoms with Crippen LogP contribution in [-0.4, -0.2) is 35.5 Å². The molecule has 3 heteroatoms. The highest BCUT2D eigenvalue weighted by Gasteiger charge is 2.37. The first kappa shape index (κ1) is 9.97. The summed E-state index contributed by atoms with van der Waals surface area (Å²) in [7, 11) is 0. The number of morpholine rings is 1. The number of hydrogen-bond acceptors (Lipinski definition) is 2. The molecule has 0 aromatic carbocycles. The number of hydrogen-bond donors (Lipinski definition) is 1. The van der Waals surface area contributed by atoms with Crippen molar-refractivity contribution in [2.75, 3.05) is 13.1 Å². The molecule has 1 saturated carbocycles. The lowest BCUT2D eigenvalue weighted by atomic mass is 10.0. The molecule has 1 aliphatic carbocycles. The maximum absolute atomic E-state index is 8.04. The molecule has 2 fully saturated rings.